The van der Waals surface area contributed by atoms with Gasteiger partial charge in [0.2, 0.25) is 5.95 Å². The molecule has 0 spiro atoms. The van der Waals surface area contributed by atoms with Crippen LogP contribution in [0.1, 0.15) is 0 Å². The number of halogens is 1. The molecule has 2 aromatic heterocycles. The van der Waals surface area contributed by atoms with Gasteiger partial charge in [0.1, 0.15) is 0 Å². The molecular weight excluding hydrogens is 258 g/mol. The molecule has 0 bridgehead atoms. The second kappa shape index (κ2) is 5.46. The maximum absolute atomic E-state index is 5.80. The Kier molecular flexibility index (Phi) is 3.73. The number of methoxy groups -OCH3 is 1. The molecule has 2 aromatic rings. The Morgan fingerprint density at radius 2 is 1.94 bits per heavy atom. The number of aromatic nitrogens is 4. The van der Waals surface area contributed by atoms with Crippen LogP contribution in [-0.4, -0.2) is 34.1 Å². The van der Waals surface area contributed by atoms with Crippen molar-refractivity contribution in [3.63, 3.8) is 0 Å². The summed E-state index contributed by atoms with van der Waals surface area (Å²) < 4.78 is 10.3. The Hall–Kier alpha value is -2.15. The largest absolute Gasteiger partial charge is 0.467 e. The van der Waals surface area contributed by atoms with E-state index < -0.39 is 0 Å². The fourth-order valence-corrected chi connectivity index (χ4v) is 1.30. The van der Waals surface area contributed by atoms with Crippen LogP contribution in [0.15, 0.2) is 18.5 Å². The van der Waals surface area contributed by atoms with Crippen molar-refractivity contribution < 1.29 is 9.47 Å². The average Bonchev–Trinajstić information content (AvgIpc) is 2.38. The van der Waals surface area contributed by atoms with Crippen molar-refractivity contribution in [3.05, 3.63) is 23.5 Å². The monoisotopic (exact) mass is 267 g/mol. The molecule has 1 N–H and O–H groups in total. The lowest BCUT2D eigenvalue weighted by molar-refractivity contribution is 0.360. The fraction of sp³-hybridized carbons (Fsp3) is 0.200. The summed E-state index contributed by atoms with van der Waals surface area (Å²) in [5.74, 6) is 0.768. The molecule has 0 unspecified atom stereocenters. The molecule has 8 heteroatoms. The first-order valence-electron chi connectivity index (χ1n) is 4.97. The standard InChI is InChI=1S/C10H10ClN5O2/c1-12-8-14-9(17-2)16-10(15-8)18-7-3-6(11)4-13-5-7/h3-5H,1-2H3,(H,12,14,15,16). The minimum Gasteiger partial charge on any atom is -0.467 e. The number of rotatable bonds is 4. The van der Waals surface area contributed by atoms with E-state index in [2.05, 4.69) is 25.3 Å². The predicted octanol–water partition coefficient (Wildman–Crippen LogP) is 1.76. The van der Waals surface area contributed by atoms with Gasteiger partial charge >= 0.3 is 12.0 Å². The van der Waals surface area contributed by atoms with E-state index in [4.69, 9.17) is 21.1 Å². The van der Waals surface area contributed by atoms with Gasteiger partial charge in [-0.05, 0) is 0 Å². The smallest absolute Gasteiger partial charge is 0.330 e. The quantitative estimate of drug-likeness (QED) is 0.904. The molecule has 0 atom stereocenters. The van der Waals surface area contributed by atoms with E-state index in [1.165, 1.54) is 19.5 Å². The first-order valence-corrected chi connectivity index (χ1v) is 5.35. The van der Waals surface area contributed by atoms with Gasteiger partial charge in [0.05, 0.1) is 18.3 Å². The Labute approximate surface area is 108 Å². The molecule has 0 aromatic carbocycles. The highest BCUT2D eigenvalue weighted by Gasteiger charge is 2.08. The molecule has 2 heterocycles. The normalized spacial score (nSPS) is 9.94. The zero-order valence-corrected chi connectivity index (χ0v) is 10.5. The number of hydrogen-bond donors (Lipinski definition) is 1. The predicted molar refractivity (Wildman–Crippen MR) is 65.2 cm³/mol. The van der Waals surface area contributed by atoms with Gasteiger partial charge in [-0.1, -0.05) is 11.6 Å². The van der Waals surface area contributed by atoms with Gasteiger partial charge in [-0.15, -0.1) is 4.98 Å². The minimum atomic E-state index is 0.0928. The highest BCUT2D eigenvalue weighted by atomic mass is 35.5. The fourth-order valence-electron chi connectivity index (χ4n) is 1.14. The number of anilines is 1. The van der Waals surface area contributed by atoms with Crippen LogP contribution in [0.3, 0.4) is 0 Å². The summed E-state index contributed by atoms with van der Waals surface area (Å²) in [4.78, 5) is 15.8. The van der Waals surface area contributed by atoms with Gasteiger partial charge in [-0.3, -0.25) is 4.98 Å². The highest BCUT2D eigenvalue weighted by Crippen LogP contribution is 2.21. The Morgan fingerprint density at radius 1 is 1.17 bits per heavy atom. The minimum absolute atomic E-state index is 0.0928. The maximum Gasteiger partial charge on any atom is 0.330 e. The molecule has 7 nitrogen and oxygen atoms in total. The van der Waals surface area contributed by atoms with Crippen LogP contribution in [0.5, 0.6) is 17.8 Å². The summed E-state index contributed by atoms with van der Waals surface area (Å²) in [6, 6.07) is 1.85. The molecular formula is C10H10ClN5O2. The van der Waals surface area contributed by atoms with Gasteiger partial charge in [0, 0.05) is 19.3 Å². The van der Waals surface area contributed by atoms with Gasteiger partial charge in [0.25, 0.3) is 0 Å². The van der Waals surface area contributed by atoms with E-state index in [1.54, 1.807) is 13.1 Å². The highest BCUT2D eigenvalue weighted by molar-refractivity contribution is 6.30. The van der Waals surface area contributed by atoms with Crippen LogP contribution in [0.25, 0.3) is 0 Å². The topological polar surface area (TPSA) is 82.1 Å². The van der Waals surface area contributed by atoms with Crippen LogP contribution in [0.2, 0.25) is 5.02 Å². The number of nitrogens with zero attached hydrogens (tertiary/aromatic N) is 4. The van der Waals surface area contributed by atoms with Crippen LogP contribution in [0, 0.1) is 0 Å². The summed E-state index contributed by atoms with van der Waals surface area (Å²) in [6.07, 6.45) is 3.00. The molecule has 2 rings (SSSR count). The van der Waals surface area contributed by atoms with Gasteiger partial charge in [0.15, 0.2) is 5.75 Å². The van der Waals surface area contributed by atoms with Crippen molar-refractivity contribution in [3.8, 4) is 17.8 Å². The van der Waals surface area contributed by atoms with Gasteiger partial charge < -0.3 is 14.8 Å². The van der Waals surface area contributed by atoms with E-state index in [1.807, 2.05) is 0 Å². The van der Waals surface area contributed by atoms with E-state index in [0.717, 1.165) is 0 Å². The first kappa shape index (κ1) is 12.3. The second-order valence-electron chi connectivity index (χ2n) is 3.12. The van der Waals surface area contributed by atoms with Gasteiger partial charge in [-0.2, -0.15) is 9.97 Å². The van der Waals surface area contributed by atoms with Crippen LogP contribution in [0.4, 0.5) is 5.95 Å². The summed E-state index contributed by atoms with van der Waals surface area (Å²) >= 11 is 5.80. The zero-order chi connectivity index (χ0) is 13.0. The Bertz CT molecular complexity index is 529. The third kappa shape index (κ3) is 2.95. The van der Waals surface area contributed by atoms with E-state index in [0.29, 0.717) is 16.7 Å². The van der Waals surface area contributed by atoms with Crippen molar-refractivity contribution in [2.24, 2.45) is 0 Å². The lowest BCUT2D eigenvalue weighted by Crippen LogP contribution is -2.03. The van der Waals surface area contributed by atoms with Crippen LogP contribution >= 0.6 is 11.6 Å². The third-order valence-corrected chi connectivity index (χ3v) is 2.10. The summed E-state index contributed by atoms with van der Waals surface area (Å²) in [7, 11) is 3.14. The van der Waals surface area contributed by atoms with Crippen molar-refractivity contribution in [2.45, 2.75) is 0 Å². The molecule has 0 aliphatic carbocycles. The average molecular weight is 268 g/mol. The van der Waals surface area contributed by atoms with E-state index in [9.17, 15) is 0 Å². The van der Waals surface area contributed by atoms with Crippen molar-refractivity contribution >= 4 is 17.5 Å². The lowest BCUT2D eigenvalue weighted by atomic mass is 10.5. The molecule has 0 saturated heterocycles. The second-order valence-corrected chi connectivity index (χ2v) is 3.56. The number of ether oxygens (including phenoxy) is 2. The molecule has 0 saturated carbocycles. The Balaban J connectivity index is 2.28. The number of hydrogen-bond acceptors (Lipinski definition) is 7. The summed E-state index contributed by atoms with van der Waals surface area (Å²) in [5, 5.41) is 3.24. The first-order chi connectivity index (χ1) is 8.71. The molecule has 0 aliphatic rings. The van der Waals surface area contributed by atoms with Gasteiger partial charge in [-0.25, -0.2) is 0 Å². The van der Waals surface area contributed by atoms with E-state index in [-0.39, 0.29) is 12.0 Å². The molecule has 0 amide bonds. The third-order valence-electron chi connectivity index (χ3n) is 1.89. The SMILES string of the molecule is CNc1nc(OC)nc(Oc2cncc(Cl)c2)n1. The molecule has 0 aliphatic heterocycles. The lowest BCUT2D eigenvalue weighted by Gasteiger charge is -2.06. The molecule has 0 fully saturated rings. The number of pyridine rings is 1. The molecule has 94 valence electrons. The molecule has 18 heavy (non-hydrogen) atoms. The van der Waals surface area contributed by atoms with Crippen LogP contribution in [-0.2, 0) is 0 Å². The van der Waals surface area contributed by atoms with Crippen molar-refractivity contribution in [1.82, 2.24) is 19.9 Å². The molecule has 0 radical (unpaired) electrons. The van der Waals surface area contributed by atoms with Crippen molar-refractivity contribution in [1.29, 1.82) is 0 Å². The summed E-state index contributed by atoms with van der Waals surface area (Å²) in [6.45, 7) is 0. The van der Waals surface area contributed by atoms with Crippen molar-refractivity contribution in [2.75, 3.05) is 19.5 Å². The van der Waals surface area contributed by atoms with E-state index >= 15 is 0 Å². The number of nitrogens with one attached hydrogen (secondary N) is 1. The van der Waals surface area contributed by atoms with Crippen LogP contribution < -0.4 is 14.8 Å². The zero-order valence-electron chi connectivity index (χ0n) is 9.72. The Morgan fingerprint density at radius 3 is 2.61 bits per heavy atom. The maximum atomic E-state index is 5.80. The summed E-state index contributed by atoms with van der Waals surface area (Å²) in [5.41, 5.74) is 0.